The molecular formula is C10H15NO5. The summed E-state index contributed by atoms with van der Waals surface area (Å²) in [5.74, 6) is -1.11. The Kier molecular flexibility index (Phi) is 3.54. The van der Waals surface area contributed by atoms with Gasteiger partial charge in [0.05, 0.1) is 6.61 Å². The van der Waals surface area contributed by atoms with Gasteiger partial charge in [-0.2, -0.15) is 0 Å². The van der Waals surface area contributed by atoms with E-state index in [2.05, 4.69) is 6.58 Å². The zero-order valence-corrected chi connectivity index (χ0v) is 9.30. The number of carboxylic acids is 1. The molecule has 0 aliphatic carbocycles. The van der Waals surface area contributed by atoms with Gasteiger partial charge in [0.2, 0.25) is 0 Å². The first-order valence-corrected chi connectivity index (χ1v) is 4.84. The van der Waals surface area contributed by atoms with E-state index in [0.717, 1.165) is 4.90 Å². The maximum atomic E-state index is 11.6. The van der Waals surface area contributed by atoms with Crippen molar-refractivity contribution >= 4 is 12.1 Å². The van der Waals surface area contributed by atoms with Crippen LogP contribution in [0.5, 0.6) is 0 Å². The Morgan fingerprint density at radius 2 is 2.31 bits per heavy atom. The van der Waals surface area contributed by atoms with E-state index in [0.29, 0.717) is 0 Å². The lowest BCUT2D eigenvalue weighted by Gasteiger charge is -2.30. The first-order chi connectivity index (χ1) is 7.40. The van der Waals surface area contributed by atoms with Crippen LogP contribution in [-0.2, 0) is 14.3 Å². The first-order valence-electron chi connectivity index (χ1n) is 4.84. The highest BCUT2D eigenvalue weighted by Gasteiger charge is 2.48. The second-order valence-electron chi connectivity index (χ2n) is 3.85. The van der Waals surface area contributed by atoms with Gasteiger partial charge in [0.25, 0.3) is 0 Å². The van der Waals surface area contributed by atoms with Crippen molar-refractivity contribution in [1.82, 2.24) is 4.90 Å². The van der Waals surface area contributed by atoms with Crippen molar-refractivity contribution in [3.63, 3.8) is 0 Å². The second-order valence-corrected chi connectivity index (χ2v) is 3.85. The molecule has 1 atom stereocenters. The molecule has 90 valence electrons. The summed E-state index contributed by atoms with van der Waals surface area (Å²) in [6.45, 7) is 6.64. The molecule has 0 saturated carbocycles. The number of carbonyl (C=O) groups is 2. The number of hydrogen-bond donors (Lipinski definition) is 1. The van der Waals surface area contributed by atoms with E-state index >= 15 is 0 Å². The van der Waals surface area contributed by atoms with Crippen molar-refractivity contribution in [3.05, 3.63) is 12.7 Å². The highest BCUT2D eigenvalue weighted by atomic mass is 16.6. The van der Waals surface area contributed by atoms with Crippen LogP contribution in [0.3, 0.4) is 0 Å². The van der Waals surface area contributed by atoms with E-state index in [1.165, 1.54) is 6.08 Å². The standard InChI is InChI=1S/C10H15NO5/c1-4-5-15-9(14)11-7(8(12)13)6-16-10(11,2)3/h4,7H,1,5-6H2,2-3H3,(H,12,13)/t7-/m1/s1. The number of aliphatic carboxylic acids is 1. The number of carbonyl (C=O) groups excluding carboxylic acids is 1. The fourth-order valence-electron chi connectivity index (χ4n) is 1.53. The van der Waals surface area contributed by atoms with Crippen LogP contribution in [0, 0.1) is 0 Å². The summed E-state index contributed by atoms with van der Waals surface area (Å²) >= 11 is 0. The van der Waals surface area contributed by atoms with Crippen molar-refractivity contribution in [1.29, 1.82) is 0 Å². The number of nitrogens with zero attached hydrogens (tertiary/aromatic N) is 1. The number of hydrogen-bond acceptors (Lipinski definition) is 4. The van der Waals surface area contributed by atoms with Gasteiger partial charge in [-0.05, 0) is 13.8 Å². The van der Waals surface area contributed by atoms with E-state index in [4.69, 9.17) is 14.6 Å². The predicted octanol–water partition coefficient (Wildman–Crippen LogP) is 0.830. The van der Waals surface area contributed by atoms with Crippen molar-refractivity contribution < 1.29 is 24.2 Å². The molecule has 1 saturated heterocycles. The summed E-state index contributed by atoms with van der Waals surface area (Å²) < 4.78 is 10.1. The summed E-state index contributed by atoms with van der Waals surface area (Å²) in [5, 5.41) is 8.94. The van der Waals surface area contributed by atoms with Crippen LogP contribution in [0.15, 0.2) is 12.7 Å². The number of amides is 1. The largest absolute Gasteiger partial charge is 0.480 e. The molecule has 1 rings (SSSR count). The molecule has 0 spiro atoms. The topological polar surface area (TPSA) is 76.1 Å². The van der Waals surface area contributed by atoms with E-state index in [-0.39, 0.29) is 13.2 Å². The highest BCUT2D eigenvalue weighted by molar-refractivity contribution is 5.81. The molecule has 16 heavy (non-hydrogen) atoms. The average molecular weight is 229 g/mol. The minimum atomic E-state index is -1.11. The molecule has 1 aliphatic heterocycles. The molecule has 0 bridgehead atoms. The Morgan fingerprint density at radius 1 is 1.69 bits per heavy atom. The Labute approximate surface area is 93.4 Å². The van der Waals surface area contributed by atoms with Gasteiger partial charge in [0.15, 0.2) is 6.04 Å². The van der Waals surface area contributed by atoms with E-state index in [1.54, 1.807) is 13.8 Å². The molecule has 1 amide bonds. The lowest BCUT2D eigenvalue weighted by molar-refractivity contribution is -0.142. The van der Waals surface area contributed by atoms with Crippen LogP contribution in [-0.4, -0.2) is 47.0 Å². The van der Waals surface area contributed by atoms with Crippen LogP contribution in [0.2, 0.25) is 0 Å². The summed E-state index contributed by atoms with van der Waals surface area (Å²) in [7, 11) is 0. The van der Waals surface area contributed by atoms with Crippen molar-refractivity contribution in [2.24, 2.45) is 0 Å². The lowest BCUT2D eigenvalue weighted by Crippen LogP contribution is -2.50. The molecule has 1 aliphatic rings. The molecule has 1 heterocycles. The molecule has 0 aromatic heterocycles. The molecule has 0 radical (unpaired) electrons. The monoisotopic (exact) mass is 229 g/mol. The van der Waals surface area contributed by atoms with Gasteiger partial charge < -0.3 is 14.6 Å². The quantitative estimate of drug-likeness (QED) is 0.725. The van der Waals surface area contributed by atoms with Gasteiger partial charge in [-0.3, -0.25) is 4.90 Å². The molecule has 0 aromatic rings. The maximum Gasteiger partial charge on any atom is 0.413 e. The molecule has 6 nitrogen and oxygen atoms in total. The third kappa shape index (κ3) is 2.33. The highest BCUT2D eigenvalue weighted by Crippen LogP contribution is 2.28. The normalized spacial score (nSPS) is 22.9. The van der Waals surface area contributed by atoms with Gasteiger partial charge in [-0.1, -0.05) is 12.7 Å². The average Bonchev–Trinajstić information content (AvgIpc) is 2.50. The van der Waals surface area contributed by atoms with Gasteiger partial charge >= 0.3 is 12.1 Å². The van der Waals surface area contributed by atoms with Crippen LogP contribution >= 0.6 is 0 Å². The molecular weight excluding hydrogens is 214 g/mol. The van der Waals surface area contributed by atoms with Crippen molar-refractivity contribution in [2.45, 2.75) is 25.6 Å². The van der Waals surface area contributed by atoms with Crippen LogP contribution < -0.4 is 0 Å². The van der Waals surface area contributed by atoms with Crippen molar-refractivity contribution in [2.75, 3.05) is 13.2 Å². The van der Waals surface area contributed by atoms with Crippen molar-refractivity contribution in [3.8, 4) is 0 Å². The third-order valence-corrected chi connectivity index (χ3v) is 2.29. The second kappa shape index (κ2) is 4.52. The minimum Gasteiger partial charge on any atom is -0.480 e. The Bertz CT molecular complexity index is 312. The zero-order chi connectivity index (χ0) is 12.3. The van der Waals surface area contributed by atoms with Gasteiger partial charge in [0.1, 0.15) is 12.3 Å². The number of rotatable bonds is 3. The van der Waals surface area contributed by atoms with Gasteiger partial charge in [0, 0.05) is 0 Å². The maximum absolute atomic E-state index is 11.6. The zero-order valence-electron chi connectivity index (χ0n) is 9.30. The fourth-order valence-corrected chi connectivity index (χ4v) is 1.53. The molecule has 1 fully saturated rings. The van der Waals surface area contributed by atoms with Gasteiger partial charge in [-0.15, -0.1) is 0 Å². The Morgan fingerprint density at radius 3 is 2.81 bits per heavy atom. The lowest BCUT2D eigenvalue weighted by atomic mass is 10.2. The van der Waals surface area contributed by atoms with E-state index < -0.39 is 23.8 Å². The fraction of sp³-hybridized carbons (Fsp3) is 0.600. The first kappa shape index (κ1) is 12.5. The minimum absolute atomic E-state index is 0.0362. The van der Waals surface area contributed by atoms with E-state index in [9.17, 15) is 9.59 Å². The number of ether oxygens (including phenoxy) is 2. The van der Waals surface area contributed by atoms with Crippen LogP contribution in [0.1, 0.15) is 13.8 Å². The molecule has 0 unspecified atom stereocenters. The van der Waals surface area contributed by atoms with E-state index in [1.807, 2.05) is 0 Å². The molecule has 0 aromatic carbocycles. The summed E-state index contributed by atoms with van der Waals surface area (Å²) in [6.07, 6.45) is 0.701. The Hall–Kier alpha value is -1.56. The SMILES string of the molecule is C=CCOC(=O)N1[C@@H](C(=O)O)COC1(C)C. The summed E-state index contributed by atoms with van der Waals surface area (Å²) in [4.78, 5) is 23.7. The predicted molar refractivity (Wildman–Crippen MR) is 54.8 cm³/mol. The van der Waals surface area contributed by atoms with Gasteiger partial charge in [-0.25, -0.2) is 9.59 Å². The Balaban J connectivity index is 2.82. The smallest absolute Gasteiger partial charge is 0.413 e. The molecule has 6 heteroatoms. The molecule has 1 N–H and O–H groups in total. The summed E-state index contributed by atoms with van der Waals surface area (Å²) in [5.41, 5.74) is -0.971. The summed E-state index contributed by atoms with van der Waals surface area (Å²) in [6, 6.07) is -1.01. The number of carboxylic acid groups (broad SMARTS) is 1. The third-order valence-electron chi connectivity index (χ3n) is 2.29. The van der Waals surface area contributed by atoms with Crippen LogP contribution in [0.4, 0.5) is 4.79 Å². The van der Waals surface area contributed by atoms with Crippen LogP contribution in [0.25, 0.3) is 0 Å².